The molecule has 3 aromatic rings. The maximum Gasteiger partial charge on any atom is 0.160 e. The normalized spacial score (nSPS) is 8.70. The number of hydrogen-bond acceptors (Lipinski definition) is 6. The molecule has 106 valence electrons. The number of thiophene rings is 1. The van der Waals surface area contributed by atoms with Gasteiger partial charge in [0.2, 0.25) is 0 Å². The van der Waals surface area contributed by atoms with Gasteiger partial charge in [-0.2, -0.15) is 32.4 Å². The third-order valence-electron chi connectivity index (χ3n) is 2.89. The van der Waals surface area contributed by atoms with Crippen LogP contribution in [0.1, 0.15) is 22.4 Å². The highest BCUT2D eigenvalue weighted by molar-refractivity contribution is 7.07. The summed E-state index contributed by atoms with van der Waals surface area (Å²) < 4.78 is 0. The van der Waals surface area contributed by atoms with Gasteiger partial charge in [0.05, 0.1) is 22.7 Å². The molecule has 3 rings (SSSR count). The minimum absolute atomic E-state index is 0.0243. The molecule has 0 aliphatic carbocycles. The van der Waals surface area contributed by atoms with E-state index in [9.17, 15) is 0 Å². The van der Waals surface area contributed by atoms with Crippen LogP contribution < -0.4 is 0 Å². The molecule has 5 nitrogen and oxygen atoms in total. The summed E-state index contributed by atoms with van der Waals surface area (Å²) in [5, 5.41) is 40.5. The predicted molar refractivity (Wildman–Crippen MR) is 84.9 cm³/mol. The summed E-state index contributed by atoms with van der Waals surface area (Å²) in [7, 11) is 0. The minimum atomic E-state index is -0.100. The van der Waals surface area contributed by atoms with Crippen molar-refractivity contribution in [3.8, 4) is 24.3 Å². The number of nitrogens with zero attached hydrogens (tertiary/aromatic N) is 5. The van der Waals surface area contributed by atoms with Crippen LogP contribution in [-0.2, 0) is 0 Å². The quantitative estimate of drug-likeness (QED) is 0.631. The molecule has 0 fully saturated rings. The first-order valence-corrected chi connectivity index (χ1v) is 7.25. The number of pyridine rings is 1. The highest BCUT2D eigenvalue weighted by atomic mass is 32.1. The van der Waals surface area contributed by atoms with E-state index in [4.69, 9.17) is 21.0 Å². The first-order chi connectivity index (χ1) is 11.3. The zero-order chi connectivity index (χ0) is 16.7. The zero-order valence-electron chi connectivity index (χ0n) is 11.7. The summed E-state index contributed by atoms with van der Waals surface area (Å²) >= 11 is 1.71. The Hall–Kier alpha value is -3.71. The van der Waals surface area contributed by atoms with Crippen molar-refractivity contribution in [2.45, 2.75) is 0 Å². The van der Waals surface area contributed by atoms with Crippen LogP contribution in [0.3, 0.4) is 0 Å². The molecular weight excluding hydrogens is 306 g/mol. The number of benzene rings is 1. The van der Waals surface area contributed by atoms with Gasteiger partial charge in [-0.1, -0.05) is 18.2 Å². The lowest BCUT2D eigenvalue weighted by molar-refractivity contribution is 1.28. The van der Waals surface area contributed by atoms with Crippen molar-refractivity contribution >= 4 is 22.2 Å². The Kier molecular flexibility index (Phi) is 5.00. The third kappa shape index (κ3) is 3.14. The zero-order valence-corrected chi connectivity index (χ0v) is 12.5. The molecule has 23 heavy (non-hydrogen) atoms. The van der Waals surface area contributed by atoms with Crippen molar-refractivity contribution < 1.29 is 0 Å². The van der Waals surface area contributed by atoms with Crippen molar-refractivity contribution in [1.82, 2.24) is 4.98 Å². The van der Waals surface area contributed by atoms with Gasteiger partial charge in [-0.25, -0.2) is 4.98 Å². The number of fused-ring (bicyclic) bond motifs is 1. The van der Waals surface area contributed by atoms with Gasteiger partial charge in [0.15, 0.2) is 5.69 Å². The summed E-state index contributed by atoms with van der Waals surface area (Å²) in [5.74, 6) is 0. The summed E-state index contributed by atoms with van der Waals surface area (Å²) in [6.45, 7) is 0. The van der Waals surface area contributed by atoms with E-state index in [0.717, 1.165) is 0 Å². The monoisotopic (exact) mass is 313 g/mol. The molecule has 0 amide bonds. The number of aromatic nitrogens is 1. The van der Waals surface area contributed by atoms with Crippen molar-refractivity contribution in [2.75, 3.05) is 0 Å². The van der Waals surface area contributed by atoms with Crippen LogP contribution in [0.25, 0.3) is 10.9 Å². The lowest BCUT2D eigenvalue weighted by Gasteiger charge is -2.04. The van der Waals surface area contributed by atoms with Crippen molar-refractivity contribution in [2.24, 2.45) is 0 Å². The molecule has 1 aromatic carbocycles. The van der Waals surface area contributed by atoms with Gasteiger partial charge in [0.1, 0.15) is 23.8 Å². The van der Waals surface area contributed by atoms with Crippen LogP contribution in [0.4, 0.5) is 0 Å². The number of nitriles is 4. The van der Waals surface area contributed by atoms with Gasteiger partial charge in [-0.3, -0.25) is 0 Å². The molecule has 0 saturated carbocycles. The molecule has 0 N–H and O–H groups in total. The second-order valence-corrected chi connectivity index (χ2v) is 4.97. The Morgan fingerprint density at radius 2 is 1.48 bits per heavy atom. The second-order valence-electron chi connectivity index (χ2n) is 4.15. The summed E-state index contributed by atoms with van der Waals surface area (Å²) in [5.41, 5.74) is 0.460. The fraction of sp³-hybridized carbons (Fsp3) is 0. The Bertz CT molecular complexity index is 992. The molecule has 0 aliphatic heterocycles. The van der Waals surface area contributed by atoms with Crippen LogP contribution >= 0.6 is 11.3 Å². The topological polar surface area (TPSA) is 108 Å². The Morgan fingerprint density at radius 3 is 1.96 bits per heavy atom. The van der Waals surface area contributed by atoms with Crippen molar-refractivity contribution in [1.29, 1.82) is 21.0 Å². The van der Waals surface area contributed by atoms with Crippen molar-refractivity contribution in [3.05, 3.63) is 63.5 Å². The summed E-state index contributed by atoms with van der Waals surface area (Å²) in [6, 6.07) is 16.2. The van der Waals surface area contributed by atoms with E-state index in [1.54, 1.807) is 35.6 Å². The second kappa shape index (κ2) is 7.34. The number of hydrogen-bond donors (Lipinski definition) is 0. The molecule has 6 heteroatoms. The molecule has 0 atom stereocenters. The highest BCUT2D eigenvalue weighted by Gasteiger charge is 2.16. The molecular formula is C17H7N5S. The van der Waals surface area contributed by atoms with E-state index in [1.807, 2.05) is 35.0 Å². The average molecular weight is 313 g/mol. The molecule has 0 unspecified atom stereocenters. The van der Waals surface area contributed by atoms with E-state index < -0.39 is 0 Å². The van der Waals surface area contributed by atoms with Crippen LogP contribution in [0.2, 0.25) is 0 Å². The lowest BCUT2D eigenvalue weighted by Crippen LogP contribution is -1.98. The van der Waals surface area contributed by atoms with E-state index in [2.05, 4.69) is 4.98 Å². The third-order valence-corrected chi connectivity index (χ3v) is 3.52. The van der Waals surface area contributed by atoms with E-state index in [0.29, 0.717) is 10.9 Å². The molecule has 0 radical (unpaired) electrons. The van der Waals surface area contributed by atoms with Gasteiger partial charge in [-0.15, -0.1) is 0 Å². The summed E-state index contributed by atoms with van der Waals surface area (Å²) in [4.78, 5) is 4.00. The SMILES string of the molecule is N#Cc1nc2cccc(C#N)c2c(C#N)c1C#N.c1ccsc1. The van der Waals surface area contributed by atoms with Gasteiger partial charge in [0, 0.05) is 5.39 Å². The van der Waals surface area contributed by atoms with E-state index in [-0.39, 0.29) is 22.4 Å². The maximum atomic E-state index is 9.14. The fourth-order valence-electron chi connectivity index (χ4n) is 1.94. The smallest absolute Gasteiger partial charge is 0.160 e. The maximum absolute atomic E-state index is 9.14. The van der Waals surface area contributed by atoms with E-state index >= 15 is 0 Å². The van der Waals surface area contributed by atoms with Gasteiger partial charge < -0.3 is 0 Å². The van der Waals surface area contributed by atoms with Crippen LogP contribution in [0.15, 0.2) is 41.1 Å². The molecule has 2 aromatic heterocycles. The average Bonchev–Trinajstić information content (AvgIpc) is 3.19. The van der Waals surface area contributed by atoms with Crippen LogP contribution in [-0.4, -0.2) is 4.98 Å². The lowest BCUT2D eigenvalue weighted by atomic mass is 9.99. The van der Waals surface area contributed by atoms with Gasteiger partial charge in [-0.05, 0) is 22.9 Å². The van der Waals surface area contributed by atoms with Gasteiger partial charge in [0.25, 0.3) is 0 Å². The molecule has 2 heterocycles. The Labute approximate surface area is 136 Å². The first-order valence-electron chi connectivity index (χ1n) is 6.31. The minimum Gasteiger partial charge on any atom is -0.236 e. The molecule has 0 spiro atoms. The predicted octanol–water partition coefficient (Wildman–Crippen LogP) is 3.47. The van der Waals surface area contributed by atoms with Crippen LogP contribution in [0, 0.1) is 45.3 Å². The van der Waals surface area contributed by atoms with Gasteiger partial charge >= 0.3 is 0 Å². The molecule has 0 bridgehead atoms. The molecule has 0 saturated heterocycles. The van der Waals surface area contributed by atoms with Crippen LogP contribution in [0.5, 0.6) is 0 Å². The Balaban J connectivity index is 0.000000326. The number of rotatable bonds is 0. The first kappa shape index (κ1) is 15.7. The largest absolute Gasteiger partial charge is 0.236 e. The summed E-state index contributed by atoms with van der Waals surface area (Å²) in [6.07, 6.45) is 0. The standard InChI is InChI=1S/C13H3N5.C4H4S/c14-4-8-2-1-3-11-13(8)10(6-16)9(5-15)12(7-17)18-11;1-2-4-5-3-1/h1-3H;1-4H. The van der Waals surface area contributed by atoms with E-state index in [1.165, 1.54) is 6.07 Å². The molecule has 0 aliphatic rings. The fourth-order valence-corrected chi connectivity index (χ4v) is 2.39. The highest BCUT2D eigenvalue weighted by Crippen LogP contribution is 2.25. The van der Waals surface area contributed by atoms with Crippen molar-refractivity contribution in [3.63, 3.8) is 0 Å². The Morgan fingerprint density at radius 1 is 0.783 bits per heavy atom.